The van der Waals surface area contributed by atoms with Gasteiger partial charge >= 0.3 is 24.1 Å². The third-order valence-corrected chi connectivity index (χ3v) is 7.10. The average Bonchev–Trinajstić information content (AvgIpc) is 3.00. The summed E-state index contributed by atoms with van der Waals surface area (Å²) < 4.78 is 15.9. The molecule has 0 aliphatic rings. The monoisotopic (exact) mass is 754 g/mol. The summed E-state index contributed by atoms with van der Waals surface area (Å²) >= 11 is 12.3. The lowest BCUT2D eigenvalue weighted by molar-refractivity contribution is -0.132. The quantitative estimate of drug-likeness (QED) is 0.0565. The number of rotatable bonds is 9. The second-order valence-electron chi connectivity index (χ2n) is 13.3. The molecule has 0 saturated carbocycles. The van der Waals surface area contributed by atoms with Crippen LogP contribution in [0.2, 0.25) is 10.0 Å². The normalized spacial score (nSPS) is 11.7. The molecule has 52 heavy (non-hydrogen) atoms. The number of hydrogen-bond acceptors (Lipinski definition) is 9. The SMILES string of the molecule is C/C(NC(=O)Cc1ccc(OC(=O)c2ccc(N=C(NC(=O)OC(C)(C)C)NC(=O)OC(C)(C)C)cc2)cc1Cl)=C(/Cc1ccc(Cl)cc1)C(=O)O. The Balaban J connectivity index is 1.67. The van der Waals surface area contributed by atoms with E-state index in [1.807, 2.05) is 0 Å². The number of allylic oxidation sites excluding steroid dienone is 1. The molecule has 0 aliphatic heterocycles. The Labute approximate surface area is 311 Å². The molecular formula is C37H40Cl2N4O9. The van der Waals surface area contributed by atoms with Gasteiger partial charge in [0.2, 0.25) is 11.9 Å². The van der Waals surface area contributed by atoms with Crippen molar-refractivity contribution in [2.24, 2.45) is 4.99 Å². The van der Waals surface area contributed by atoms with Gasteiger partial charge < -0.3 is 24.6 Å². The molecule has 0 atom stereocenters. The number of alkyl carbamates (subject to hydrolysis) is 2. The Bertz CT molecular complexity index is 1840. The van der Waals surface area contributed by atoms with Crippen LogP contribution in [0.3, 0.4) is 0 Å². The third-order valence-electron chi connectivity index (χ3n) is 6.50. The number of benzene rings is 3. The molecule has 0 aromatic heterocycles. The summed E-state index contributed by atoms with van der Waals surface area (Å²) in [6.07, 6.45) is -1.82. The summed E-state index contributed by atoms with van der Waals surface area (Å²) in [7, 11) is 0. The maximum atomic E-state index is 12.9. The highest BCUT2D eigenvalue weighted by atomic mass is 35.5. The predicted molar refractivity (Wildman–Crippen MR) is 196 cm³/mol. The molecule has 0 spiro atoms. The van der Waals surface area contributed by atoms with Crippen LogP contribution in [-0.4, -0.2) is 52.3 Å². The number of halogens is 2. The fraction of sp³-hybridized carbons (Fsp3) is 0.297. The molecule has 3 aromatic rings. The highest BCUT2D eigenvalue weighted by Crippen LogP contribution is 2.25. The fourth-order valence-corrected chi connectivity index (χ4v) is 4.63. The van der Waals surface area contributed by atoms with Gasteiger partial charge in [-0.05, 0) is 108 Å². The topological polar surface area (TPSA) is 182 Å². The standard InChI is InChI=1S/C37H40Cl2N4O9/c1-21(28(31(45)46)18-22-8-13-25(38)14-9-22)40-30(44)19-24-12-17-27(20-29(24)39)50-32(47)23-10-15-26(16-11-23)41-33(42-34(48)51-36(2,3)4)43-35(49)52-37(5,6)7/h8-17,20H,18-19H2,1-7H3,(H,40,44)(H,45,46)(H2,41,42,43,48,49)/b28-21+. The molecule has 0 bridgehead atoms. The molecular weight excluding hydrogens is 715 g/mol. The Morgan fingerprint density at radius 1 is 0.750 bits per heavy atom. The van der Waals surface area contributed by atoms with Crippen LogP contribution in [0.5, 0.6) is 5.75 Å². The van der Waals surface area contributed by atoms with Crippen LogP contribution in [0.4, 0.5) is 15.3 Å². The lowest BCUT2D eigenvalue weighted by Crippen LogP contribution is -2.47. The Kier molecular flexibility index (Phi) is 14.0. The third kappa shape index (κ3) is 14.1. The second-order valence-corrected chi connectivity index (χ2v) is 14.2. The molecule has 0 saturated heterocycles. The van der Waals surface area contributed by atoms with Gasteiger partial charge in [-0.3, -0.25) is 15.4 Å². The molecule has 13 nitrogen and oxygen atoms in total. The van der Waals surface area contributed by atoms with Gasteiger partial charge in [-0.2, -0.15) is 0 Å². The van der Waals surface area contributed by atoms with Crippen molar-refractivity contribution in [3.05, 3.63) is 105 Å². The maximum absolute atomic E-state index is 12.9. The smallest absolute Gasteiger partial charge is 0.414 e. The van der Waals surface area contributed by atoms with Gasteiger partial charge in [0.1, 0.15) is 17.0 Å². The number of nitrogens with one attached hydrogen (secondary N) is 3. The first-order valence-corrected chi connectivity index (χ1v) is 16.6. The van der Waals surface area contributed by atoms with Gasteiger partial charge in [-0.1, -0.05) is 41.4 Å². The number of aliphatic imine (C=N–C) groups is 1. The molecule has 3 amide bonds. The lowest BCUT2D eigenvalue weighted by Gasteiger charge is -2.22. The van der Waals surface area contributed by atoms with Gasteiger partial charge in [0.05, 0.1) is 23.2 Å². The molecule has 3 aromatic carbocycles. The maximum Gasteiger partial charge on any atom is 0.414 e. The highest BCUT2D eigenvalue weighted by molar-refractivity contribution is 6.31. The van der Waals surface area contributed by atoms with Crippen LogP contribution in [0.15, 0.2) is 83.0 Å². The number of amides is 3. The van der Waals surface area contributed by atoms with E-state index in [1.165, 1.54) is 49.4 Å². The first-order chi connectivity index (χ1) is 24.2. The number of carbonyl (C=O) groups excluding carboxylic acids is 4. The van der Waals surface area contributed by atoms with E-state index in [1.54, 1.807) is 65.8 Å². The van der Waals surface area contributed by atoms with Gasteiger partial charge in [0, 0.05) is 22.2 Å². The number of nitrogens with zero attached hydrogens (tertiary/aromatic N) is 1. The van der Waals surface area contributed by atoms with E-state index in [4.69, 9.17) is 37.4 Å². The van der Waals surface area contributed by atoms with Crippen LogP contribution in [0.1, 0.15) is 70.0 Å². The summed E-state index contributed by atoms with van der Waals surface area (Å²) in [5.74, 6) is -2.55. The first kappa shape index (κ1) is 41.0. The molecule has 0 unspecified atom stereocenters. The lowest BCUT2D eigenvalue weighted by atomic mass is 10.0. The second kappa shape index (κ2) is 17.7. The number of guanidine groups is 1. The minimum atomic E-state index is -1.17. The van der Waals surface area contributed by atoms with Crippen LogP contribution in [0, 0.1) is 0 Å². The molecule has 0 heterocycles. The Hall–Kier alpha value is -5.40. The largest absolute Gasteiger partial charge is 0.478 e. The summed E-state index contributed by atoms with van der Waals surface area (Å²) in [6, 6.07) is 16.8. The summed E-state index contributed by atoms with van der Waals surface area (Å²) in [4.78, 5) is 66.6. The number of esters is 1. The number of ether oxygens (including phenoxy) is 3. The minimum Gasteiger partial charge on any atom is -0.478 e. The van der Waals surface area contributed by atoms with Crippen LogP contribution < -0.4 is 20.7 Å². The van der Waals surface area contributed by atoms with Crippen molar-refractivity contribution in [1.82, 2.24) is 16.0 Å². The molecule has 4 N–H and O–H groups in total. The number of aliphatic carboxylic acids is 1. The molecule has 0 fully saturated rings. The van der Waals surface area contributed by atoms with Gasteiger partial charge in [0.25, 0.3) is 0 Å². The minimum absolute atomic E-state index is 0.0132. The number of carbonyl (C=O) groups is 5. The van der Waals surface area contributed by atoms with E-state index in [-0.39, 0.29) is 52.1 Å². The first-order valence-electron chi connectivity index (χ1n) is 15.8. The van der Waals surface area contributed by atoms with Crippen molar-refractivity contribution in [3.63, 3.8) is 0 Å². The zero-order valence-electron chi connectivity index (χ0n) is 29.7. The number of carboxylic acids is 1. The van der Waals surface area contributed by atoms with Crippen molar-refractivity contribution in [1.29, 1.82) is 0 Å². The summed E-state index contributed by atoms with van der Waals surface area (Å²) in [5, 5.41) is 17.8. The van der Waals surface area contributed by atoms with E-state index in [2.05, 4.69) is 20.9 Å². The zero-order chi connectivity index (χ0) is 38.8. The van der Waals surface area contributed by atoms with E-state index in [0.717, 1.165) is 0 Å². The highest BCUT2D eigenvalue weighted by Gasteiger charge is 2.22. The molecule has 15 heteroatoms. The average molecular weight is 756 g/mol. The van der Waals surface area contributed by atoms with Crippen LogP contribution in [0.25, 0.3) is 0 Å². The summed E-state index contributed by atoms with van der Waals surface area (Å²) in [5.41, 5.74) is 0.102. The predicted octanol–water partition coefficient (Wildman–Crippen LogP) is 7.51. The van der Waals surface area contributed by atoms with Crippen molar-refractivity contribution in [2.45, 2.75) is 72.5 Å². The zero-order valence-corrected chi connectivity index (χ0v) is 31.2. The van der Waals surface area contributed by atoms with E-state index < -0.39 is 41.2 Å². The van der Waals surface area contributed by atoms with Crippen LogP contribution in [-0.2, 0) is 31.9 Å². The summed E-state index contributed by atoms with van der Waals surface area (Å²) in [6.45, 7) is 11.6. The van der Waals surface area contributed by atoms with Crippen molar-refractivity contribution < 1.29 is 43.3 Å². The van der Waals surface area contributed by atoms with Crippen molar-refractivity contribution in [2.75, 3.05) is 0 Å². The van der Waals surface area contributed by atoms with Crippen LogP contribution >= 0.6 is 23.2 Å². The van der Waals surface area contributed by atoms with Gasteiger partial charge in [0.15, 0.2) is 0 Å². The number of hydrogen-bond donors (Lipinski definition) is 4. The van der Waals surface area contributed by atoms with E-state index in [9.17, 15) is 29.1 Å². The van der Waals surface area contributed by atoms with E-state index >= 15 is 0 Å². The van der Waals surface area contributed by atoms with E-state index in [0.29, 0.717) is 16.1 Å². The molecule has 0 radical (unpaired) electrons. The Morgan fingerprint density at radius 3 is 1.81 bits per heavy atom. The molecule has 276 valence electrons. The molecule has 0 aliphatic carbocycles. The van der Waals surface area contributed by atoms with Crippen molar-refractivity contribution in [3.8, 4) is 5.75 Å². The fourth-order valence-electron chi connectivity index (χ4n) is 4.27. The van der Waals surface area contributed by atoms with Gasteiger partial charge in [-0.25, -0.2) is 24.2 Å². The van der Waals surface area contributed by atoms with Crippen molar-refractivity contribution >= 4 is 64.9 Å². The number of carboxylic acid groups (broad SMARTS) is 1. The van der Waals surface area contributed by atoms with Gasteiger partial charge in [-0.15, -0.1) is 0 Å². The molecule has 3 rings (SSSR count). The Morgan fingerprint density at radius 2 is 1.31 bits per heavy atom.